The summed E-state index contributed by atoms with van der Waals surface area (Å²) in [5.41, 5.74) is 6.25. The molecular formula is C33H43N3O. The first kappa shape index (κ1) is 26.8. The van der Waals surface area contributed by atoms with Crippen molar-refractivity contribution in [2.45, 2.75) is 90.6 Å². The van der Waals surface area contributed by atoms with Crippen molar-refractivity contribution in [3.63, 3.8) is 0 Å². The van der Waals surface area contributed by atoms with E-state index in [2.05, 4.69) is 47.2 Å². The SMILES string of the molecule is CCCCCCCCCCCCCc1ccc(/C=C2/N=C(c3ccc[nH]3)C=C2OCc2ccccc2)[nH]1. The topological polar surface area (TPSA) is 53.2 Å². The fraction of sp³-hybridized carbons (Fsp3) is 0.424. The molecule has 0 aliphatic carbocycles. The fourth-order valence-corrected chi connectivity index (χ4v) is 4.81. The average Bonchev–Trinajstić information content (AvgIpc) is 3.69. The molecule has 196 valence electrons. The van der Waals surface area contributed by atoms with Gasteiger partial charge in [-0.15, -0.1) is 0 Å². The quantitative estimate of drug-likeness (QED) is 0.179. The van der Waals surface area contributed by atoms with Gasteiger partial charge in [-0.2, -0.15) is 0 Å². The highest BCUT2D eigenvalue weighted by atomic mass is 16.5. The van der Waals surface area contributed by atoms with Crippen molar-refractivity contribution < 1.29 is 4.74 Å². The number of aromatic amines is 2. The third kappa shape index (κ3) is 8.96. The summed E-state index contributed by atoms with van der Waals surface area (Å²) >= 11 is 0. The maximum atomic E-state index is 6.20. The molecule has 37 heavy (non-hydrogen) atoms. The molecule has 3 heterocycles. The predicted molar refractivity (Wildman–Crippen MR) is 156 cm³/mol. The second kappa shape index (κ2) is 15.1. The first-order valence-electron chi connectivity index (χ1n) is 14.3. The molecule has 0 unspecified atom stereocenters. The van der Waals surface area contributed by atoms with Gasteiger partial charge in [0.25, 0.3) is 0 Å². The first-order valence-corrected chi connectivity index (χ1v) is 14.3. The average molecular weight is 498 g/mol. The number of rotatable bonds is 17. The Balaban J connectivity index is 1.25. The molecule has 2 N–H and O–H groups in total. The van der Waals surface area contributed by atoms with Gasteiger partial charge in [0, 0.05) is 23.7 Å². The Kier molecular flexibility index (Phi) is 10.9. The van der Waals surface area contributed by atoms with E-state index < -0.39 is 0 Å². The minimum Gasteiger partial charge on any atom is -0.487 e. The van der Waals surface area contributed by atoms with Crippen LogP contribution in [0, 0.1) is 0 Å². The number of ether oxygens (including phenoxy) is 1. The Hall–Kier alpha value is -3.27. The highest BCUT2D eigenvalue weighted by molar-refractivity contribution is 6.11. The van der Waals surface area contributed by atoms with Gasteiger partial charge >= 0.3 is 0 Å². The normalized spacial score (nSPS) is 14.2. The summed E-state index contributed by atoms with van der Waals surface area (Å²) in [6, 6.07) is 18.6. The van der Waals surface area contributed by atoms with Gasteiger partial charge in [-0.3, -0.25) is 0 Å². The van der Waals surface area contributed by atoms with Crippen LogP contribution < -0.4 is 0 Å². The molecule has 1 aliphatic heterocycles. The lowest BCUT2D eigenvalue weighted by Gasteiger charge is -2.08. The molecule has 4 rings (SSSR count). The molecule has 1 aliphatic rings. The molecule has 0 spiro atoms. The summed E-state index contributed by atoms with van der Waals surface area (Å²) in [6.07, 6.45) is 22.3. The monoisotopic (exact) mass is 497 g/mol. The zero-order valence-electron chi connectivity index (χ0n) is 22.5. The van der Waals surface area contributed by atoms with Crippen LogP contribution in [-0.4, -0.2) is 15.7 Å². The molecule has 0 bridgehead atoms. The fourth-order valence-electron chi connectivity index (χ4n) is 4.81. The largest absolute Gasteiger partial charge is 0.487 e. The zero-order valence-corrected chi connectivity index (χ0v) is 22.5. The number of nitrogens with one attached hydrogen (secondary N) is 2. The number of aliphatic imine (C=N–C) groups is 1. The van der Waals surface area contributed by atoms with E-state index in [1.165, 1.54) is 76.3 Å². The highest BCUT2D eigenvalue weighted by Gasteiger charge is 2.18. The van der Waals surface area contributed by atoms with E-state index in [-0.39, 0.29) is 0 Å². The maximum Gasteiger partial charge on any atom is 0.147 e. The molecule has 0 saturated heterocycles. The zero-order chi connectivity index (χ0) is 25.5. The molecule has 0 amide bonds. The van der Waals surface area contributed by atoms with Crippen molar-refractivity contribution in [1.82, 2.24) is 9.97 Å². The van der Waals surface area contributed by atoms with Crippen molar-refractivity contribution in [2.24, 2.45) is 4.99 Å². The smallest absolute Gasteiger partial charge is 0.147 e. The van der Waals surface area contributed by atoms with Crippen LogP contribution in [0.3, 0.4) is 0 Å². The lowest BCUT2D eigenvalue weighted by atomic mass is 10.0. The number of unbranched alkanes of at least 4 members (excludes halogenated alkanes) is 10. The van der Waals surface area contributed by atoms with E-state index in [9.17, 15) is 0 Å². The molecule has 1 aromatic carbocycles. The van der Waals surface area contributed by atoms with Crippen LogP contribution in [0.15, 0.2) is 83.3 Å². The van der Waals surface area contributed by atoms with Crippen LogP contribution in [0.1, 0.15) is 100 Å². The van der Waals surface area contributed by atoms with Gasteiger partial charge in [0.1, 0.15) is 18.1 Å². The summed E-state index contributed by atoms with van der Waals surface area (Å²) < 4.78 is 6.20. The number of hydrogen-bond acceptors (Lipinski definition) is 2. The summed E-state index contributed by atoms with van der Waals surface area (Å²) in [7, 11) is 0. The van der Waals surface area contributed by atoms with Gasteiger partial charge in [0.05, 0.1) is 11.4 Å². The van der Waals surface area contributed by atoms with Crippen molar-refractivity contribution in [3.05, 3.63) is 101 Å². The molecule has 0 atom stereocenters. The lowest BCUT2D eigenvalue weighted by molar-refractivity contribution is 0.208. The van der Waals surface area contributed by atoms with Crippen LogP contribution in [0.5, 0.6) is 0 Å². The predicted octanol–water partition coefficient (Wildman–Crippen LogP) is 9.14. The van der Waals surface area contributed by atoms with E-state index in [1.54, 1.807) is 0 Å². The van der Waals surface area contributed by atoms with Gasteiger partial charge in [-0.25, -0.2) is 4.99 Å². The summed E-state index contributed by atoms with van der Waals surface area (Å²) in [5.74, 6) is 0.801. The number of aryl methyl sites for hydroxylation is 1. The van der Waals surface area contributed by atoms with Crippen molar-refractivity contribution in [1.29, 1.82) is 0 Å². The van der Waals surface area contributed by atoms with E-state index in [0.717, 1.165) is 40.5 Å². The minimum absolute atomic E-state index is 0.520. The second-order valence-corrected chi connectivity index (χ2v) is 10.1. The van der Waals surface area contributed by atoms with E-state index in [1.807, 2.05) is 42.6 Å². The number of benzene rings is 1. The summed E-state index contributed by atoms with van der Waals surface area (Å²) in [5, 5.41) is 0. The highest BCUT2D eigenvalue weighted by Crippen LogP contribution is 2.26. The second-order valence-electron chi connectivity index (χ2n) is 10.1. The van der Waals surface area contributed by atoms with Gasteiger partial charge < -0.3 is 14.7 Å². The summed E-state index contributed by atoms with van der Waals surface area (Å²) in [4.78, 5) is 11.7. The molecule has 2 aromatic heterocycles. The standard InChI is InChI=1S/C33H43N3O/c1-2-3-4-5-6-7-8-9-10-11-15-19-28-21-22-29(35-28)24-32-33(37-26-27-17-13-12-14-18-27)25-31(36-32)30-20-16-23-34-30/h12-14,16-18,20-25,34-35H,2-11,15,19,26H2,1H3/b32-24+. The van der Waals surface area contributed by atoms with Gasteiger partial charge in [0.15, 0.2) is 0 Å². The van der Waals surface area contributed by atoms with Crippen LogP contribution in [0.25, 0.3) is 6.08 Å². The van der Waals surface area contributed by atoms with Gasteiger partial charge in [-0.05, 0) is 48.7 Å². The molecule has 4 nitrogen and oxygen atoms in total. The Bertz CT molecular complexity index is 1140. The van der Waals surface area contributed by atoms with Crippen molar-refractivity contribution >= 4 is 11.8 Å². The Morgan fingerprint density at radius 1 is 0.784 bits per heavy atom. The number of H-pyrrole nitrogens is 2. The van der Waals surface area contributed by atoms with E-state index in [0.29, 0.717) is 6.61 Å². The van der Waals surface area contributed by atoms with E-state index in [4.69, 9.17) is 9.73 Å². The van der Waals surface area contributed by atoms with Crippen LogP contribution in [0.2, 0.25) is 0 Å². The Morgan fingerprint density at radius 2 is 1.51 bits per heavy atom. The summed E-state index contributed by atoms with van der Waals surface area (Å²) in [6.45, 7) is 2.80. The molecular weight excluding hydrogens is 454 g/mol. The van der Waals surface area contributed by atoms with Crippen molar-refractivity contribution in [2.75, 3.05) is 0 Å². The first-order chi connectivity index (χ1) is 18.3. The maximum absolute atomic E-state index is 6.20. The third-order valence-corrected chi connectivity index (χ3v) is 6.98. The number of nitrogens with zero attached hydrogens (tertiary/aromatic N) is 1. The van der Waals surface area contributed by atoms with Gasteiger partial charge in [0.2, 0.25) is 0 Å². The van der Waals surface area contributed by atoms with E-state index >= 15 is 0 Å². The van der Waals surface area contributed by atoms with Crippen LogP contribution >= 0.6 is 0 Å². The third-order valence-electron chi connectivity index (χ3n) is 6.98. The molecule has 0 fully saturated rings. The van der Waals surface area contributed by atoms with Crippen LogP contribution in [0.4, 0.5) is 0 Å². The molecule has 3 aromatic rings. The van der Waals surface area contributed by atoms with Crippen LogP contribution in [-0.2, 0) is 17.8 Å². The number of aromatic nitrogens is 2. The van der Waals surface area contributed by atoms with Gasteiger partial charge in [-0.1, -0.05) is 101 Å². The Morgan fingerprint density at radius 3 is 2.22 bits per heavy atom. The number of hydrogen-bond donors (Lipinski definition) is 2. The number of allylic oxidation sites excluding steroid dienone is 1. The molecule has 0 radical (unpaired) electrons. The Labute approximate surface area is 223 Å². The molecule has 4 heteroatoms. The lowest BCUT2D eigenvalue weighted by Crippen LogP contribution is -1.95. The van der Waals surface area contributed by atoms with Crippen molar-refractivity contribution in [3.8, 4) is 0 Å². The molecule has 0 saturated carbocycles. The minimum atomic E-state index is 0.520.